The molecule has 15 heavy (non-hydrogen) atoms. The second kappa shape index (κ2) is 4.00. The molecular formula is C10H10N4O. The van der Waals surface area contributed by atoms with Gasteiger partial charge in [-0.2, -0.15) is 5.10 Å². The number of Topliss-reactive ketones (excluding diaryl/α,β-unsaturated/α-hetero) is 1. The molecule has 0 radical (unpaired) electrons. The summed E-state index contributed by atoms with van der Waals surface area (Å²) in [6.07, 6.45) is 6.75. The number of carbonyl (C=O) groups is 1. The zero-order chi connectivity index (χ0) is 10.7. The van der Waals surface area contributed by atoms with Gasteiger partial charge in [-0.1, -0.05) is 0 Å². The van der Waals surface area contributed by atoms with Crippen molar-refractivity contribution in [1.82, 2.24) is 19.7 Å². The number of rotatable bonds is 3. The van der Waals surface area contributed by atoms with Crippen molar-refractivity contribution in [3.05, 3.63) is 42.2 Å². The fraction of sp³-hybridized carbons (Fsp3) is 0.200. The first kappa shape index (κ1) is 9.51. The Hall–Kier alpha value is -2.04. The summed E-state index contributed by atoms with van der Waals surface area (Å²) in [4.78, 5) is 19.3. The second-order valence-electron chi connectivity index (χ2n) is 3.22. The van der Waals surface area contributed by atoms with E-state index in [1.807, 2.05) is 13.2 Å². The fourth-order valence-electron chi connectivity index (χ4n) is 1.29. The van der Waals surface area contributed by atoms with Crippen molar-refractivity contribution < 1.29 is 4.79 Å². The maximum atomic E-state index is 11.7. The van der Waals surface area contributed by atoms with Gasteiger partial charge >= 0.3 is 0 Å². The van der Waals surface area contributed by atoms with E-state index in [4.69, 9.17) is 0 Å². The Bertz CT molecular complexity index is 463. The summed E-state index contributed by atoms with van der Waals surface area (Å²) in [6.45, 7) is 0. The Morgan fingerprint density at radius 3 is 3.00 bits per heavy atom. The standard InChI is InChI=1S/C10H10N4O/c1-14-6-8(5-13-14)4-10(15)9-2-3-11-7-12-9/h2-3,5-7H,4H2,1H3. The molecular weight excluding hydrogens is 192 g/mol. The SMILES string of the molecule is Cn1cc(CC(=O)c2ccncn2)cn1. The molecule has 2 rings (SSSR count). The van der Waals surface area contributed by atoms with Crippen LogP contribution in [0, 0.1) is 0 Å². The molecule has 0 aliphatic heterocycles. The lowest BCUT2D eigenvalue weighted by molar-refractivity contribution is 0.0988. The summed E-state index contributed by atoms with van der Waals surface area (Å²) in [6, 6.07) is 1.61. The van der Waals surface area contributed by atoms with Gasteiger partial charge in [0.2, 0.25) is 0 Å². The molecule has 5 nitrogen and oxygen atoms in total. The molecule has 2 heterocycles. The quantitative estimate of drug-likeness (QED) is 0.685. The molecule has 0 fully saturated rings. The highest BCUT2D eigenvalue weighted by atomic mass is 16.1. The minimum absolute atomic E-state index is 0.0228. The van der Waals surface area contributed by atoms with Crippen molar-refractivity contribution in [2.75, 3.05) is 0 Å². The van der Waals surface area contributed by atoms with Crippen molar-refractivity contribution in [2.45, 2.75) is 6.42 Å². The Morgan fingerprint density at radius 1 is 1.53 bits per heavy atom. The van der Waals surface area contributed by atoms with Crippen LogP contribution in [0.25, 0.3) is 0 Å². The van der Waals surface area contributed by atoms with Crippen LogP contribution in [0.5, 0.6) is 0 Å². The van der Waals surface area contributed by atoms with Gasteiger partial charge in [0.05, 0.1) is 6.20 Å². The fourth-order valence-corrected chi connectivity index (χ4v) is 1.29. The summed E-state index contributed by atoms with van der Waals surface area (Å²) in [5.74, 6) is -0.0228. The summed E-state index contributed by atoms with van der Waals surface area (Å²) in [5, 5.41) is 4.00. The van der Waals surface area contributed by atoms with Crippen LogP contribution >= 0.6 is 0 Å². The van der Waals surface area contributed by atoms with E-state index in [2.05, 4.69) is 15.1 Å². The Morgan fingerprint density at radius 2 is 2.40 bits per heavy atom. The maximum absolute atomic E-state index is 11.7. The van der Waals surface area contributed by atoms with Crippen molar-refractivity contribution in [2.24, 2.45) is 7.05 Å². The summed E-state index contributed by atoms with van der Waals surface area (Å²) < 4.78 is 1.67. The number of aromatic nitrogens is 4. The molecule has 0 atom stereocenters. The first-order valence-corrected chi connectivity index (χ1v) is 4.52. The predicted octanol–water partition coefficient (Wildman–Crippen LogP) is 0.635. The van der Waals surface area contributed by atoms with Gasteiger partial charge in [-0.05, 0) is 11.6 Å². The third kappa shape index (κ3) is 2.25. The molecule has 0 amide bonds. The molecule has 0 unspecified atom stereocenters. The molecule has 0 bridgehead atoms. The largest absolute Gasteiger partial charge is 0.292 e. The molecule has 2 aromatic rings. The van der Waals surface area contributed by atoms with Gasteiger partial charge in [0, 0.05) is 25.9 Å². The number of ketones is 1. The maximum Gasteiger partial charge on any atom is 0.185 e. The van der Waals surface area contributed by atoms with Crippen LogP contribution in [0.2, 0.25) is 0 Å². The molecule has 0 aliphatic rings. The lowest BCUT2D eigenvalue weighted by atomic mass is 10.1. The minimum atomic E-state index is -0.0228. The lowest BCUT2D eigenvalue weighted by Gasteiger charge is -1.96. The lowest BCUT2D eigenvalue weighted by Crippen LogP contribution is -2.05. The van der Waals surface area contributed by atoms with Crippen LogP contribution in [0.15, 0.2) is 31.0 Å². The number of nitrogens with zero attached hydrogens (tertiary/aromatic N) is 4. The number of carbonyl (C=O) groups excluding carboxylic acids is 1. The molecule has 5 heteroatoms. The monoisotopic (exact) mass is 202 g/mol. The minimum Gasteiger partial charge on any atom is -0.292 e. The average Bonchev–Trinajstić information content (AvgIpc) is 2.65. The summed E-state index contributed by atoms with van der Waals surface area (Å²) >= 11 is 0. The van der Waals surface area contributed by atoms with E-state index in [-0.39, 0.29) is 5.78 Å². The van der Waals surface area contributed by atoms with Gasteiger partial charge < -0.3 is 0 Å². The Kier molecular flexibility index (Phi) is 2.53. The van der Waals surface area contributed by atoms with E-state index in [0.29, 0.717) is 12.1 Å². The van der Waals surface area contributed by atoms with Gasteiger partial charge in [-0.3, -0.25) is 9.48 Å². The second-order valence-corrected chi connectivity index (χ2v) is 3.22. The molecule has 0 aliphatic carbocycles. The van der Waals surface area contributed by atoms with Gasteiger partial charge in [0.15, 0.2) is 5.78 Å². The molecule has 0 aromatic carbocycles. The van der Waals surface area contributed by atoms with Crippen LogP contribution < -0.4 is 0 Å². The molecule has 0 spiro atoms. The van der Waals surface area contributed by atoms with Gasteiger partial charge in [0.1, 0.15) is 12.0 Å². The number of hydrogen-bond acceptors (Lipinski definition) is 4. The smallest absolute Gasteiger partial charge is 0.185 e. The summed E-state index contributed by atoms with van der Waals surface area (Å²) in [7, 11) is 1.82. The topological polar surface area (TPSA) is 60.7 Å². The number of aryl methyl sites for hydroxylation is 1. The molecule has 0 saturated carbocycles. The summed E-state index contributed by atoms with van der Waals surface area (Å²) in [5.41, 5.74) is 1.33. The predicted molar refractivity (Wildman–Crippen MR) is 53.3 cm³/mol. The highest BCUT2D eigenvalue weighted by Gasteiger charge is 2.08. The van der Waals surface area contributed by atoms with Crippen molar-refractivity contribution in [3.8, 4) is 0 Å². The highest BCUT2D eigenvalue weighted by Crippen LogP contribution is 2.03. The van der Waals surface area contributed by atoms with E-state index in [1.165, 1.54) is 6.33 Å². The zero-order valence-corrected chi connectivity index (χ0v) is 8.29. The average molecular weight is 202 g/mol. The van der Waals surface area contributed by atoms with E-state index < -0.39 is 0 Å². The third-order valence-corrected chi connectivity index (χ3v) is 1.99. The third-order valence-electron chi connectivity index (χ3n) is 1.99. The van der Waals surface area contributed by atoms with E-state index in [9.17, 15) is 4.79 Å². The first-order valence-electron chi connectivity index (χ1n) is 4.52. The van der Waals surface area contributed by atoms with Crippen LogP contribution in [-0.2, 0) is 13.5 Å². The zero-order valence-electron chi connectivity index (χ0n) is 8.29. The van der Waals surface area contributed by atoms with Crippen molar-refractivity contribution >= 4 is 5.78 Å². The molecule has 2 aromatic heterocycles. The van der Waals surface area contributed by atoms with Gasteiger partial charge in [-0.15, -0.1) is 0 Å². The highest BCUT2D eigenvalue weighted by molar-refractivity contribution is 5.95. The van der Waals surface area contributed by atoms with Crippen LogP contribution in [0.3, 0.4) is 0 Å². The van der Waals surface area contributed by atoms with E-state index >= 15 is 0 Å². The van der Waals surface area contributed by atoms with Gasteiger partial charge in [-0.25, -0.2) is 9.97 Å². The van der Waals surface area contributed by atoms with E-state index in [1.54, 1.807) is 23.1 Å². The first-order chi connectivity index (χ1) is 7.25. The molecule has 0 saturated heterocycles. The van der Waals surface area contributed by atoms with E-state index in [0.717, 1.165) is 5.56 Å². The van der Waals surface area contributed by atoms with Crippen LogP contribution in [0.1, 0.15) is 16.1 Å². The Labute approximate surface area is 86.8 Å². The van der Waals surface area contributed by atoms with Gasteiger partial charge in [0.25, 0.3) is 0 Å². The van der Waals surface area contributed by atoms with Crippen molar-refractivity contribution in [3.63, 3.8) is 0 Å². The number of hydrogen-bond donors (Lipinski definition) is 0. The Balaban J connectivity index is 2.11. The van der Waals surface area contributed by atoms with Crippen molar-refractivity contribution in [1.29, 1.82) is 0 Å². The molecule has 76 valence electrons. The normalized spacial score (nSPS) is 10.2. The van der Waals surface area contributed by atoms with Crippen LogP contribution in [0.4, 0.5) is 0 Å². The van der Waals surface area contributed by atoms with Crippen LogP contribution in [-0.4, -0.2) is 25.5 Å². The molecule has 0 N–H and O–H groups in total.